The van der Waals surface area contributed by atoms with Gasteiger partial charge in [0.05, 0.1) is 0 Å². The Labute approximate surface area is 105 Å². The zero-order valence-corrected chi connectivity index (χ0v) is 10.0. The monoisotopic (exact) mass is 246 g/mol. The van der Waals surface area contributed by atoms with E-state index in [0.717, 1.165) is 18.9 Å². The third-order valence-corrected chi connectivity index (χ3v) is 2.84. The van der Waals surface area contributed by atoms with Gasteiger partial charge in [-0.05, 0) is 30.5 Å². The van der Waals surface area contributed by atoms with Gasteiger partial charge in [-0.1, -0.05) is 6.07 Å². The molecule has 1 aliphatic carbocycles. The van der Waals surface area contributed by atoms with Gasteiger partial charge < -0.3 is 10.0 Å². The Kier molecular flexibility index (Phi) is 3.41. The first kappa shape index (κ1) is 12.3. The molecule has 1 N–H and O–H groups in total. The Bertz CT molecular complexity index is 489. The van der Waals surface area contributed by atoms with Crippen LogP contribution in [0, 0.1) is 0 Å². The number of carboxylic acid groups (broad SMARTS) is 1. The van der Waals surface area contributed by atoms with E-state index in [1.165, 1.54) is 12.3 Å². The molecule has 0 radical (unpaired) electrons. The number of nitrogens with zero attached hydrogens (tertiary/aromatic N) is 2. The van der Waals surface area contributed by atoms with Crippen molar-refractivity contribution >= 4 is 18.0 Å². The second-order valence-electron chi connectivity index (χ2n) is 4.30. The van der Waals surface area contributed by atoms with E-state index in [1.807, 2.05) is 0 Å². The summed E-state index contributed by atoms with van der Waals surface area (Å²) in [6.45, 7) is 0. The highest BCUT2D eigenvalue weighted by Gasteiger charge is 2.30. The second kappa shape index (κ2) is 5.00. The molecule has 1 fully saturated rings. The third-order valence-electron chi connectivity index (χ3n) is 2.84. The van der Waals surface area contributed by atoms with Crippen LogP contribution in [0.4, 0.5) is 0 Å². The highest BCUT2D eigenvalue weighted by atomic mass is 16.4. The topological polar surface area (TPSA) is 70.5 Å². The maximum atomic E-state index is 12.0. The van der Waals surface area contributed by atoms with Crippen molar-refractivity contribution in [3.05, 3.63) is 35.7 Å². The molecule has 0 spiro atoms. The minimum absolute atomic E-state index is 0.0914. The molecule has 1 saturated carbocycles. The zero-order chi connectivity index (χ0) is 13.1. The summed E-state index contributed by atoms with van der Waals surface area (Å²) in [7, 11) is 1.78. The van der Waals surface area contributed by atoms with Gasteiger partial charge in [-0.3, -0.25) is 9.78 Å². The van der Waals surface area contributed by atoms with E-state index in [4.69, 9.17) is 5.11 Å². The van der Waals surface area contributed by atoms with Crippen LogP contribution < -0.4 is 0 Å². The van der Waals surface area contributed by atoms with Crippen molar-refractivity contribution in [3.8, 4) is 0 Å². The number of carbonyl (C=O) groups excluding carboxylic acids is 1. The summed E-state index contributed by atoms with van der Waals surface area (Å²) in [6.07, 6.45) is 6.08. The van der Waals surface area contributed by atoms with Crippen LogP contribution in [0.2, 0.25) is 0 Å². The summed E-state index contributed by atoms with van der Waals surface area (Å²) in [5.74, 6) is -1.10. The van der Waals surface area contributed by atoms with Crippen molar-refractivity contribution in [1.82, 2.24) is 9.88 Å². The minimum atomic E-state index is -1.01. The van der Waals surface area contributed by atoms with E-state index in [2.05, 4.69) is 4.98 Å². The third kappa shape index (κ3) is 2.94. The molecule has 0 bridgehead atoms. The number of carboxylic acids is 1. The van der Waals surface area contributed by atoms with E-state index in [1.54, 1.807) is 24.1 Å². The Balaban J connectivity index is 2.07. The fourth-order valence-electron chi connectivity index (χ4n) is 1.61. The van der Waals surface area contributed by atoms with Gasteiger partial charge in [0, 0.05) is 25.4 Å². The van der Waals surface area contributed by atoms with Crippen LogP contribution in [0.15, 0.2) is 24.4 Å². The van der Waals surface area contributed by atoms with Gasteiger partial charge in [-0.2, -0.15) is 0 Å². The summed E-state index contributed by atoms with van der Waals surface area (Å²) in [6, 6.07) is 3.65. The Morgan fingerprint density at radius 3 is 2.67 bits per heavy atom. The summed E-state index contributed by atoms with van der Waals surface area (Å²) in [5.41, 5.74) is 1.04. The second-order valence-corrected chi connectivity index (χ2v) is 4.30. The molecule has 18 heavy (non-hydrogen) atoms. The molecular weight excluding hydrogens is 232 g/mol. The van der Waals surface area contributed by atoms with Gasteiger partial charge in [0.1, 0.15) is 5.69 Å². The van der Waals surface area contributed by atoms with Crippen molar-refractivity contribution in [3.63, 3.8) is 0 Å². The lowest BCUT2D eigenvalue weighted by Gasteiger charge is -2.15. The van der Waals surface area contributed by atoms with Gasteiger partial charge in [0.2, 0.25) is 0 Å². The molecule has 0 unspecified atom stereocenters. The lowest BCUT2D eigenvalue weighted by molar-refractivity contribution is -0.131. The Hall–Kier alpha value is -2.17. The van der Waals surface area contributed by atoms with Crippen molar-refractivity contribution in [1.29, 1.82) is 0 Å². The lowest BCUT2D eigenvalue weighted by atomic mass is 10.2. The van der Waals surface area contributed by atoms with Crippen LogP contribution in [0.3, 0.4) is 0 Å². The molecule has 94 valence electrons. The summed E-state index contributed by atoms with van der Waals surface area (Å²) >= 11 is 0. The number of aromatic nitrogens is 1. The van der Waals surface area contributed by atoms with E-state index >= 15 is 0 Å². The number of aliphatic carboxylic acids is 1. The highest BCUT2D eigenvalue weighted by Crippen LogP contribution is 2.26. The number of pyridine rings is 1. The molecule has 1 amide bonds. The van der Waals surface area contributed by atoms with Crippen LogP contribution in [-0.4, -0.2) is 40.0 Å². The Morgan fingerprint density at radius 1 is 1.44 bits per heavy atom. The number of amides is 1. The Morgan fingerprint density at radius 2 is 2.17 bits per heavy atom. The molecule has 0 aliphatic heterocycles. The summed E-state index contributed by atoms with van der Waals surface area (Å²) in [4.78, 5) is 28.1. The quantitative estimate of drug-likeness (QED) is 0.815. The standard InChI is InChI=1S/C13H14N2O3/c1-15(10-4-5-10)13(18)11-6-2-9(8-14-11)3-7-12(16)17/h2-3,6-8,10H,4-5H2,1H3,(H,16,17). The molecule has 1 aromatic rings. The highest BCUT2D eigenvalue weighted by molar-refractivity contribution is 5.92. The minimum Gasteiger partial charge on any atom is -0.478 e. The number of carbonyl (C=O) groups is 2. The molecule has 0 saturated heterocycles. The van der Waals surface area contributed by atoms with Crippen LogP contribution >= 0.6 is 0 Å². The van der Waals surface area contributed by atoms with Crippen LogP contribution in [0.5, 0.6) is 0 Å². The van der Waals surface area contributed by atoms with Gasteiger partial charge in [0.25, 0.3) is 5.91 Å². The largest absolute Gasteiger partial charge is 0.478 e. The van der Waals surface area contributed by atoms with E-state index in [0.29, 0.717) is 17.3 Å². The first-order valence-electron chi connectivity index (χ1n) is 5.72. The molecule has 5 heteroatoms. The SMILES string of the molecule is CN(C(=O)c1ccc(C=CC(=O)O)cn1)C1CC1. The van der Waals surface area contributed by atoms with Crippen molar-refractivity contribution in [2.45, 2.75) is 18.9 Å². The predicted octanol–water partition coefficient (Wildman–Crippen LogP) is 1.41. The number of hydrogen-bond donors (Lipinski definition) is 1. The number of hydrogen-bond acceptors (Lipinski definition) is 3. The van der Waals surface area contributed by atoms with E-state index in [-0.39, 0.29) is 5.91 Å². The van der Waals surface area contributed by atoms with Crippen molar-refractivity contribution in [2.24, 2.45) is 0 Å². The first-order valence-corrected chi connectivity index (χ1v) is 5.72. The molecular formula is C13H14N2O3. The zero-order valence-electron chi connectivity index (χ0n) is 10.0. The first-order chi connectivity index (χ1) is 8.58. The van der Waals surface area contributed by atoms with E-state index < -0.39 is 5.97 Å². The normalized spacial score (nSPS) is 14.7. The molecule has 1 aromatic heterocycles. The molecule has 0 atom stereocenters. The molecule has 1 aliphatic rings. The van der Waals surface area contributed by atoms with Gasteiger partial charge in [-0.25, -0.2) is 4.79 Å². The van der Waals surface area contributed by atoms with E-state index in [9.17, 15) is 9.59 Å². The van der Waals surface area contributed by atoms with Crippen molar-refractivity contribution in [2.75, 3.05) is 7.05 Å². The molecule has 2 rings (SSSR count). The van der Waals surface area contributed by atoms with Crippen LogP contribution in [0.1, 0.15) is 28.9 Å². The fraction of sp³-hybridized carbons (Fsp3) is 0.308. The van der Waals surface area contributed by atoms with Crippen molar-refractivity contribution < 1.29 is 14.7 Å². The average molecular weight is 246 g/mol. The van der Waals surface area contributed by atoms with Gasteiger partial charge >= 0.3 is 5.97 Å². The van der Waals surface area contributed by atoms with Crippen LogP contribution in [-0.2, 0) is 4.79 Å². The van der Waals surface area contributed by atoms with Gasteiger partial charge in [0.15, 0.2) is 0 Å². The number of rotatable bonds is 4. The molecule has 5 nitrogen and oxygen atoms in total. The summed E-state index contributed by atoms with van der Waals surface area (Å²) in [5, 5.41) is 8.49. The lowest BCUT2D eigenvalue weighted by Crippen LogP contribution is -2.29. The van der Waals surface area contributed by atoms with Crippen LogP contribution in [0.25, 0.3) is 6.08 Å². The molecule has 0 aromatic carbocycles. The maximum absolute atomic E-state index is 12.0. The van der Waals surface area contributed by atoms with Gasteiger partial charge in [-0.15, -0.1) is 0 Å². The summed E-state index contributed by atoms with van der Waals surface area (Å²) < 4.78 is 0. The molecule has 1 heterocycles. The fourth-order valence-corrected chi connectivity index (χ4v) is 1.61. The maximum Gasteiger partial charge on any atom is 0.328 e. The average Bonchev–Trinajstić information content (AvgIpc) is 3.19. The smallest absolute Gasteiger partial charge is 0.328 e. The predicted molar refractivity (Wildman–Crippen MR) is 66.0 cm³/mol.